The Hall–Kier alpha value is -2.75. The van der Waals surface area contributed by atoms with E-state index in [1.54, 1.807) is 0 Å². The van der Waals surface area contributed by atoms with Crippen molar-refractivity contribution in [2.45, 2.75) is 36.6 Å². The molecule has 31 heavy (non-hydrogen) atoms. The van der Waals surface area contributed by atoms with Crippen LogP contribution in [0.25, 0.3) is 6.08 Å². The maximum Gasteiger partial charge on any atom is 0.328 e. The number of nitrogens with zero attached hydrogens (tertiary/aromatic N) is 1. The third-order valence-corrected chi connectivity index (χ3v) is 6.82. The molecule has 0 heterocycles. The first kappa shape index (κ1) is 22.9. The zero-order valence-corrected chi connectivity index (χ0v) is 18.0. The fourth-order valence-electron chi connectivity index (χ4n) is 3.65. The number of hydrogen-bond donors (Lipinski definition) is 2. The van der Waals surface area contributed by atoms with Crippen LogP contribution in [-0.4, -0.2) is 32.1 Å². The summed E-state index contributed by atoms with van der Waals surface area (Å²) in [5.41, 5.74) is 3.51. The van der Waals surface area contributed by atoms with Crippen LogP contribution in [0.3, 0.4) is 0 Å². The summed E-state index contributed by atoms with van der Waals surface area (Å²) in [5.74, 6) is -1.06. The molecule has 0 amide bonds. The van der Waals surface area contributed by atoms with Gasteiger partial charge in [0.1, 0.15) is 6.61 Å². The minimum absolute atomic E-state index is 0.0942. The Balaban J connectivity index is 1.84. The van der Waals surface area contributed by atoms with Gasteiger partial charge in [0.15, 0.2) is 5.34 Å². The molecule has 0 fully saturated rings. The Morgan fingerprint density at radius 2 is 2.03 bits per heavy atom. The second-order valence-corrected chi connectivity index (χ2v) is 9.32. The Bertz CT molecular complexity index is 1100. The maximum absolute atomic E-state index is 12.7. The summed E-state index contributed by atoms with van der Waals surface area (Å²) in [5, 5.41) is 11.8. The van der Waals surface area contributed by atoms with Crippen molar-refractivity contribution >= 4 is 33.7 Å². The van der Waals surface area contributed by atoms with Crippen molar-refractivity contribution in [1.29, 1.82) is 0 Å². The molecule has 2 aromatic rings. The van der Waals surface area contributed by atoms with E-state index in [1.165, 1.54) is 30.3 Å². The molecular formula is C21H21ClN2O6S. The van der Waals surface area contributed by atoms with Crippen molar-refractivity contribution in [1.82, 2.24) is 4.72 Å². The third kappa shape index (κ3) is 6.13. The highest BCUT2D eigenvalue weighted by Crippen LogP contribution is 2.29. The summed E-state index contributed by atoms with van der Waals surface area (Å²) in [6.07, 6.45) is 4.63. The minimum Gasteiger partial charge on any atom is -0.478 e. The van der Waals surface area contributed by atoms with Gasteiger partial charge in [0.25, 0.3) is 0 Å². The van der Waals surface area contributed by atoms with Gasteiger partial charge in [-0.25, -0.2) is 17.9 Å². The number of aliphatic carboxylic acids is 1. The van der Waals surface area contributed by atoms with Gasteiger partial charge in [0.05, 0.1) is 4.90 Å². The molecule has 0 spiro atoms. The molecule has 2 aromatic carbocycles. The first-order valence-electron chi connectivity index (χ1n) is 9.56. The van der Waals surface area contributed by atoms with Gasteiger partial charge >= 0.3 is 5.97 Å². The number of carbonyl (C=O) groups is 1. The fraction of sp³-hybridized carbons (Fsp3) is 0.286. The molecule has 2 N–H and O–H groups in total. The molecule has 0 aliphatic heterocycles. The molecule has 0 saturated heterocycles. The van der Waals surface area contributed by atoms with Crippen LogP contribution >= 0.6 is 11.6 Å². The lowest BCUT2D eigenvalue weighted by Crippen LogP contribution is -2.39. The number of carboxylic acid groups (broad SMARTS) is 1. The first-order valence-corrected chi connectivity index (χ1v) is 11.4. The number of fused-ring (bicyclic) bond motifs is 1. The predicted molar refractivity (Wildman–Crippen MR) is 116 cm³/mol. The summed E-state index contributed by atoms with van der Waals surface area (Å²) >= 11 is 5.84. The first-order chi connectivity index (χ1) is 14.8. The molecule has 1 atom stereocenters. The second-order valence-electron chi connectivity index (χ2n) is 7.17. The van der Waals surface area contributed by atoms with E-state index >= 15 is 0 Å². The van der Waals surface area contributed by atoms with Gasteiger partial charge in [-0.3, -0.25) is 0 Å². The van der Waals surface area contributed by atoms with Crippen molar-refractivity contribution in [3.8, 4) is 0 Å². The summed E-state index contributed by atoms with van der Waals surface area (Å²) < 4.78 is 28.2. The number of rotatable bonds is 9. The van der Waals surface area contributed by atoms with Crippen LogP contribution < -0.4 is 4.72 Å². The number of sulfonamides is 1. The summed E-state index contributed by atoms with van der Waals surface area (Å²) in [6, 6.07) is 9.43. The van der Waals surface area contributed by atoms with Crippen LogP contribution in [0.4, 0.5) is 0 Å². The van der Waals surface area contributed by atoms with E-state index in [-0.39, 0.29) is 17.5 Å². The smallest absolute Gasteiger partial charge is 0.328 e. The van der Waals surface area contributed by atoms with Crippen molar-refractivity contribution in [2.75, 3.05) is 6.61 Å². The van der Waals surface area contributed by atoms with Crippen LogP contribution in [0.2, 0.25) is 5.02 Å². The Morgan fingerprint density at radius 1 is 1.29 bits per heavy atom. The molecule has 0 bridgehead atoms. The molecule has 0 radical (unpaired) electrons. The molecule has 1 unspecified atom stereocenters. The number of carboxylic acids is 1. The normalized spacial score (nSPS) is 16.1. The lowest BCUT2D eigenvalue weighted by Gasteiger charge is -2.27. The predicted octanol–water partition coefficient (Wildman–Crippen LogP) is 3.51. The molecule has 8 nitrogen and oxygen atoms in total. The highest BCUT2D eigenvalue weighted by Gasteiger charge is 2.26. The summed E-state index contributed by atoms with van der Waals surface area (Å²) in [6.45, 7) is 0.0942. The Morgan fingerprint density at radius 3 is 2.71 bits per heavy atom. The fourth-order valence-corrected chi connectivity index (χ4v) is 5.05. The number of halogens is 1. The van der Waals surface area contributed by atoms with Crippen molar-refractivity contribution in [3.63, 3.8) is 0 Å². The zero-order valence-electron chi connectivity index (χ0n) is 16.5. The van der Waals surface area contributed by atoms with Crippen LogP contribution in [0.1, 0.15) is 28.7 Å². The van der Waals surface area contributed by atoms with Crippen molar-refractivity contribution in [2.24, 2.45) is 5.34 Å². The van der Waals surface area contributed by atoms with Crippen LogP contribution in [0, 0.1) is 4.91 Å². The van der Waals surface area contributed by atoms with E-state index in [2.05, 4.69) is 14.9 Å². The number of nitrogens with one attached hydrogen (secondary N) is 1. The average molecular weight is 465 g/mol. The molecule has 10 heteroatoms. The van der Waals surface area contributed by atoms with E-state index in [9.17, 15) is 18.1 Å². The molecule has 1 aliphatic rings. The van der Waals surface area contributed by atoms with Crippen LogP contribution in [0.15, 0.2) is 52.7 Å². The Labute approximate surface area is 184 Å². The summed E-state index contributed by atoms with van der Waals surface area (Å²) in [4.78, 5) is 25.8. The van der Waals surface area contributed by atoms with E-state index in [0.717, 1.165) is 28.3 Å². The van der Waals surface area contributed by atoms with Crippen LogP contribution in [0.5, 0.6) is 0 Å². The van der Waals surface area contributed by atoms with E-state index in [0.29, 0.717) is 30.7 Å². The van der Waals surface area contributed by atoms with E-state index < -0.39 is 16.0 Å². The third-order valence-electron chi connectivity index (χ3n) is 5.03. The largest absolute Gasteiger partial charge is 0.478 e. The van der Waals surface area contributed by atoms with Gasteiger partial charge in [0, 0.05) is 23.6 Å². The monoisotopic (exact) mass is 464 g/mol. The number of benzene rings is 2. The zero-order chi connectivity index (χ0) is 22.4. The highest BCUT2D eigenvalue weighted by atomic mass is 35.5. The van der Waals surface area contributed by atoms with E-state index in [4.69, 9.17) is 16.7 Å². The van der Waals surface area contributed by atoms with Gasteiger partial charge in [-0.05, 0) is 71.9 Å². The molecule has 3 rings (SSSR count). The minimum atomic E-state index is -3.71. The number of hydrogen-bond acceptors (Lipinski definition) is 6. The standard InChI is InChI=1S/C21H21ClN2O6S/c22-17-2-5-19(6-3-17)31(28,29)23-18-4-7-20-15(1-8-21(25)26)11-14(9-10-30-24-27)12-16(20)13-18/h1-3,5-6,8,11-12,18,23H,4,7,9-10,13H2,(H,25,26). The molecule has 1 aliphatic carbocycles. The van der Waals surface area contributed by atoms with Gasteiger partial charge < -0.3 is 9.94 Å². The highest BCUT2D eigenvalue weighted by molar-refractivity contribution is 7.89. The van der Waals surface area contributed by atoms with Gasteiger partial charge in [-0.2, -0.15) is 0 Å². The quantitative estimate of drug-likeness (QED) is 0.253. The molecular weight excluding hydrogens is 444 g/mol. The lowest BCUT2D eigenvalue weighted by molar-refractivity contribution is -0.131. The molecule has 0 saturated carbocycles. The SMILES string of the molecule is O=NOCCc1cc(C=CC(=O)O)c2c(c1)CC(NS(=O)(=O)c1ccc(Cl)cc1)CC2. The van der Waals surface area contributed by atoms with Gasteiger partial charge in [-0.1, -0.05) is 23.7 Å². The maximum atomic E-state index is 12.7. The topological polar surface area (TPSA) is 122 Å². The van der Waals surface area contributed by atoms with Gasteiger partial charge in [0.2, 0.25) is 10.0 Å². The molecule has 0 aromatic heterocycles. The van der Waals surface area contributed by atoms with Crippen molar-refractivity contribution in [3.05, 3.63) is 74.7 Å². The molecule has 164 valence electrons. The van der Waals surface area contributed by atoms with Crippen molar-refractivity contribution < 1.29 is 23.2 Å². The average Bonchev–Trinajstić information content (AvgIpc) is 2.72. The van der Waals surface area contributed by atoms with E-state index in [1.807, 2.05) is 12.1 Å². The van der Waals surface area contributed by atoms with Gasteiger partial charge in [-0.15, -0.1) is 4.91 Å². The van der Waals surface area contributed by atoms with Crippen LogP contribution in [-0.2, 0) is 38.9 Å². The summed E-state index contributed by atoms with van der Waals surface area (Å²) in [7, 11) is -3.71. The second kappa shape index (κ2) is 10.0. The lowest BCUT2D eigenvalue weighted by atomic mass is 9.84. The Kier molecular flexibility index (Phi) is 7.42.